The highest BCUT2D eigenvalue weighted by Crippen LogP contribution is 2.29. The maximum absolute atomic E-state index is 12.9. The molecule has 0 radical (unpaired) electrons. The lowest BCUT2D eigenvalue weighted by atomic mass is 10.1. The first-order chi connectivity index (χ1) is 14.8. The smallest absolute Gasteiger partial charge is 0.354 e. The van der Waals surface area contributed by atoms with Crippen LogP contribution in [0.4, 0.5) is 31.0 Å². The molecule has 31 heavy (non-hydrogen) atoms. The average Bonchev–Trinajstić information content (AvgIpc) is 3.22. The highest BCUT2D eigenvalue weighted by molar-refractivity contribution is 5.43. The zero-order valence-electron chi connectivity index (χ0n) is 17.3. The molecule has 0 saturated carbocycles. The number of hydrogen-bond acceptors (Lipinski definition) is 7. The molecule has 0 aliphatic heterocycles. The van der Waals surface area contributed by atoms with E-state index in [1.165, 1.54) is 6.07 Å². The topological polar surface area (TPSA) is 92.6 Å². The Morgan fingerprint density at radius 1 is 1.03 bits per heavy atom. The van der Waals surface area contributed by atoms with Gasteiger partial charge in [-0.15, -0.1) is 0 Å². The Balaban J connectivity index is 1.65. The average molecular weight is 434 g/mol. The van der Waals surface area contributed by atoms with Crippen LogP contribution in [-0.4, -0.2) is 37.1 Å². The number of benzene rings is 1. The standard InChI is InChI=1S/C20H25F3N8/c1-14(2)27-19-29-17(25-7-4-9-31-10-8-24-13-31)28-18(30-19)26-12-15-5-3-6-16(11-15)20(21,22)23/h3,5-6,8,10-11,13-14H,4,7,9,12H2,1-2H3,(H3,25,26,27,28,29,30). The van der Waals surface area contributed by atoms with Crippen LogP contribution in [0.3, 0.4) is 0 Å². The van der Waals surface area contributed by atoms with Gasteiger partial charge in [-0.2, -0.15) is 28.1 Å². The number of alkyl halides is 3. The van der Waals surface area contributed by atoms with Crippen molar-refractivity contribution in [2.75, 3.05) is 22.5 Å². The fourth-order valence-electron chi connectivity index (χ4n) is 2.78. The summed E-state index contributed by atoms with van der Waals surface area (Å²) in [4.78, 5) is 17.0. The minimum atomic E-state index is -4.38. The van der Waals surface area contributed by atoms with Crippen molar-refractivity contribution in [3.05, 3.63) is 54.1 Å². The predicted octanol–water partition coefficient (Wildman–Crippen LogP) is 4.02. The van der Waals surface area contributed by atoms with E-state index in [2.05, 4.69) is 35.9 Å². The third-order valence-electron chi connectivity index (χ3n) is 4.19. The summed E-state index contributed by atoms with van der Waals surface area (Å²) in [6.07, 6.45) is 1.83. The van der Waals surface area contributed by atoms with E-state index in [1.807, 2.05) is 24.6 Å². The number of nitrogens with one attached hydrogen (secondary N) is 3. The molecule has 0 aliphatic rings. The van der Waals surface area contributed by atoms with Crippen molar-refractivity contribution >= 4 is 17.8 Å². The van der Waals surface area contributed by atoms with Gasteiger partial charge in [-0.1, -0.05) is 12.1 Å². The Kier molecular flexibility index (Phi) is 7.27. The van der Waals surface area contributed by atoms with E-state index in [4.69, 9.17) is 0 Å². The maximum Gasteiger partial charge on any atom is 0.416 e. The van der Waals surface area contributed by atoms with Crippen LogP contribution in [0.2, 0.25) is 0 Å². The Bertz CT molecular complexity index is 957. The first kappa shape index (κ1) is 22.3. The van der Waals surface area contributed by atoms with E-state index >= 15 is 0 Å². The van der Waals surface area contributed by atoms with Crippen molar-refractivity contribution in [1.29, 1.82) is 0 Å². The minimum Gasteiger partial charge on any atom is -0.354 e. The van der Waals surface area contributed by atoms with E-state index in [0.717, 1.165) is 25.1 Å². The molecule has 0 atom stereocenters. The van der Waals surface area contributed by atoms with E-state index in [1.54, 1.807) is 18.6 Å². The Labute approximate surface area is 178 Å². The van der Waals surface area contributed by atoms with Gasteiger partial charge in [-0.25, -0.2) is 4.98 Å². The Morgan fingerprint density at radius 3 is 2.45 bits per heavy atom. The molecule has 166 valence electrons. The number of aromatic nitrogens is 5. The molecule has 3 aromatic rings. The molecule has 0 aliphatic carbocycles. The summed E-state index contributed by atoms with van der Waals surface area (Å²) in [7, 11) is 0. The van der Waals surface area contributed by atoms with Gasteiger partial charge in [0.1, 0.15) is 0 Å². The van der Waals surface area contributed by atoms with Crippen LogP contribution in [-0.2, 0) is 19.3 Å². The lowest BCUT2D eigenvalue weighted by Gasteiger charge is -2.13. The summed E-state index contributed by atoms with van der Waals surface area (Å²) in [5.74, 6) is 1.04. The Morgan fingerprint density at radius 2 is 1.77 bits per heavy atom. The summed E-state index contributed by atoms with van der Waals surface area (Å²) in [6.45, 7) is 5.50. The fourth-order valence-corrected chi connectivity index (χ4v) is 2.78. The molecule has 3 rings (SSSR count). The quantitative estimate of drug-likeness (QED) is 0.415. The lowest BCUT2D eigenvalue weighted by molar-refractivity contribution is -0.137. The van der Waals surface area contributed by atoms with Crippen LogP contribution in [0.5, 0.6) is 0 Å². The zero-order valence-corrected chi connectivity index (χ0v) is 17.3. The molecule has 0 bridgehead atoms. The van der Waals surface area contributed by atoms with Crippen molar-refractivity contribution in [3.63, 3.8) is 0 Å². The summed E-state index contributed by atoms with van der Waals surface area (Å²) in [5.41, 5.74) is -0.215. The molecule has 0 fully saturated rings. The summed E-state index contributed by atoms with van der Waals surface area (Å²) >= 11 is 0. The normalized spacial score (nSPS) is 11.5. The molecular weight excluding hydrogens is 409 g/mol. The molecule has 2 aromatic heterocycles. The summed E-state index contributed by atoms with van der Waals surface area (Å²) in [6, 6.07) is 5.26. The van der Waals surface area contributed by atoms with Crippen molar-refractivity contribution in [2.45, 2.75) is 45.6 Å². The third-order valence-corrected chi connectivity index (χ3v) is 4.19. The maximum atomic E-state index is 12.9. The Hall–Kier alpha value is -3.37. The second-order valence-electron chi connectivity index (χ2n) is 7.24. The van der Waals surface area contributed by atoms with E-state index in [0.29, 0.717) is 24.0 Å². The van der Waals surface area contributed by atoms with Gasteiger partial charge in [0.05, 0.1) is 11.9 Å². The minimum absolute atomic E-state index is 0.104. The SMILES string of the molecule is CC(C)Nc1nc(NCCCn2ccnc2)nc(NCc2cccc(C(F)(F)F)c2)n1. The number of aryl methyl sites for hydroxylation is 1. The number of hydrogen-bond donors (Lipinski definition) is 3. The van der Waals surface area contributed by atoms with Gasteiger partial charge in [0.25, 0.3) is 0 Å². The molecule has 0 amide bonds. The number of nitrogens with zero attached hydrogens (tertiary/aromatic N) is 5. The van der Waals surface area contributed by atoms with E-state index in [9.17, 15) is 13.2 Å². The number of rotatable bonds is 10. The van der Waals surface area contributed by atoms with Gasteiger partial charge in [0.15, 0.2) is 0 Å². The number of anilines is 3. The molecule has 1 aromatic carbocycles. The molecule has 0 saturated heterocycles. The summed E-state index contributed by atoms with van der Waals surface area (Å²) < 4.78 is 40.7. The van der Waals surface area contributed by atoms with Crippen LogP contribution in [0, 0.1) is 0 Å². The van der Waals surface area contributed by atoms with Gasteiger partial charge in [0, 0.05) is 38.1 Å². The number of imidazole rings is 1. The van der Waals surface area contributed by atoms with Crippen LogP contribution in [0.25, 0.3) is 0 Å². The third kappa shape index (κ3) is 7.12. The van der Waals surface area contributed by atoms with Gasteiger partial charge in [-0.3, -0.25) is 0 Å². The molecule has 11 heteroatoms. The van der Waals surface area contributed by atoms with E-state index < -0.39 is 11.7 Å². The van der Waals surface area contributed by atoms with Gasteiger partial charge in [0.2, 0.25) is 17.8 Å². The lowest BCUT2D eigenvalue weighted by Crippen LogP contribution is -2.17. The van der Waals surface area contributed by atoms with Crippen LogP contribution in [0.15, 0.2) is 43.0 Å². The van der Waals surface area contributed by atoms with E-state index in [-0.39, 0.29) is 18.5 Å². The predicted molar refractivity (Wildman–Crippen MR) is 113 cm³/mol. The molecule has 0 unspecified atom stereocenters. The van der Waals surface area contributed by atoms with Crippen molar-refractivity contribution in [1.82, 2.24) is 24.5 Å². The monoisotopic (exact) mass is 434 g/mol. The molecule has 3 N–H and O–H groups in total. The fraction of sp³-hybridized carbons (Fsp3) is 0.400. The number of halogens is 3. The first-order valence-corrected chi connectivity index (χ1v) is 9.92. The van der Waals surface area contributed by atoms with Crippen molar-refractivity contribution < 1.29 is 13.2 Å². The largest absolute Gasteiger partial charge is 0.416 e. The molecule has 8 nitrogen and oxygen atoms in total. The first-order valence-electron chi connectivity index (χ1n) is 9.92. The van der Waals surface area contributed by atoms with Crippen LogP contribution >= 0.6 is 0 Å². The van der Waals surface area contributed by atoms with Crippen molar-refractivity contribution in [2.24, 2.45) is 0 Å². The molecular formula is C20H25F3N8. The second-order valence-corrected chi connectivity index (χ2v) is 7.24. The molecule has 2 heterocycles. The van der Waals surface area contributed by atoms with Crippen LogP contribution < -0.4 is 16.0 Å². The molecule has 0 spiro atoms. The highest BCUT2D eigenvalue weighted by atomic mass is 19.4. The zero-order chi connectivity index (χ0) is 22.3. The van der Waals surface area contributed by atoms with Crippen molar-refractivity contribution in [3.8, 4) is 0 Å². The van der Waals surface area contributed by atoms with Gasteiger partial charge < -0.3 is 20.5 Å². The van der Waals surface area contributed by atoms with Gasteiger partial charge >= 0.3 is 6.18 Å². The second kappa shape index (κ2) is 10.1. The van der Waals surface area contributed by atoms with Gasteiger partial charge in [-0.05, 0) is 38.0 Å². The summed E-state index contributed by atoms with van der Waals surface area (Å²) in [5, 5.41) is 9.27. The van der Waals surface area contributed by atoms with Crippen LogP contribution in [0.1, 0.15) is 31.4 Å². The highest BCUT2D eigenvalue weighted by Gasteiger charge is 2.30.